The molecule has 9 heteroatoms. The average molecular weight is 455 g/mol. The minimum absolute atomic E-state index is 0.0866. The number of carbonyl (C=O) groups excluding carboxylic acids is 2. The van der Waals surface area contributed by atoms with Crippen LogP contribution in [-0.4, -0.2) is 30.0 Å². The molecule has 0 saturated heterocycles. The Morgan fingerprint density at radius 3 is 1.40 bits per heavy atom. The van der Waals surface area contributed by atoms with Crippen molar-refractivity contribution in [2.75, 3.05) is 10.6 Å². The normalized spacial score (nSPS) is 10.1. The number of para-hydroxylation sites is 2. The minimum atomic E-state index is -1.70. The monoisotopic (exact) mass is 455 g/mol. The van der Waals surface area contributed by atoms with Gasteiger partial charge >= 0.3 is 152 Å². The second kappa shape index (κ2) is 8.24. The summed E-state index contributed by atoms with van der Waals surface area (Å²) in [6, 6.07) is 11.7. The van der Waals surface area contributed by atoms with Crippen LogP contribution in [-0.2, 0) is 0 Å². The van der Waals surface area contributed by atoms with Crippen LogP contribution in [0, 0.1) is 0 Å². The third-order valence-corrected chi connectivity index (χ3v) is 4.47. The fourth-order valence-corrected chi connectivity index (χ4v) is 3.19. The number of carboxylic acids is 2. The first-order valence-electron chi connectivity index (χ1n) is 6.80. The van der Waals surface area contributed by atoms with Crippen molar-refractivity contribution in [2.45, 2.75) is 0 Å². The molecule has 0 heterocycles. The molecule has 0 unspecified atom stereocenters. The summed E-state index contributed by atoms with van der Waals surface area (Å²) in [5.41, 5.74) is 0.0184. The summed E-state index contributed by atoms with van der Waals surface area (Å²) < 4.78 is -1.23. The fourth-order valence-electron chi connectivity index (χ4n) is 1.89. The number of hydrogen-bond donors (Lipinski definition) is 4. The van der Waals surface area contributed by atoms with E-state index in [4.69, 9.17) is 10.2 Å². The van der Waals surface area contributed by atoms with Crippen LogP contribution < -0.4 is 31.8 Å². The van der Waals surface area contributed by atoms with Gasteiger partial charge in [-0.15, -0.1) is 0 Å². The Kier molecular flexibility index (Phi) is 6.06. The van der Waals surface area contributed by atoms with Crippen molar-refractivity contribution in [1.29, 1.82) is 0 Å². The SMILES string of the molecule is O=C(Nc1ccccc1C(=O)O)[I-]C(=O)Nc1ccccc1C(=O)O. The van der Waals surface area contributed by atoms with Gasteiger partial charge in [-0.25, -0.2) is 0 Å². The van der Waals surface area contributed by atoms with E-state index in [0.29, 0.717) is 0 Å². The summed E-state index contributed by atoms with van der Waals surface area (Å²) in [6.45, 7) is 0. The van der Waals surface area contributed by atoms with E-state index in [0.717, 1.165) is 0 Å². The quantitative estimate of drug-likeness (QED) is 0.274. The zero-order valence-corrected chi connectivity index (χ0v) is 14.7. The predicted octanol–water partition coefficient (Wildman–Crippen LogP) is -0.0640. The van der Waals surface area contributed by atoms with Crippen LogP contribution in [0.25, 0.3) is 0 Å². The van der Waals surface area contributed by atoms with E-state index in [2.05, 4.69) is 10.6 Å². The van der Waals surface area contributed by atoms with Gasteiger partial charge in [-0.05, 0) is 0 Å². The van der Waals surface area contributed by atoms with Crippen molar-refractivity contribution in [1.82, 2.24) is 0 Å². The molecule has 0 bridgehead atoms. The number of amides is 2. The Morgan fingerprint density at radius 1 is 0.680 bits per heavy atom. The molecule has 2 aromatic rings. The Bertz CT molecular complexity index is 783. The second-order valence-electron chi connectivity index (χ2n) is 4.59. The number of benzene rings is 2. The van der Waals surface area contributed by atoms with Crippen molar-refractivity contribution in [3.8, 4) is 0 Å². The summed E-state index contributed by atoms with van der Waals surface area (Å²) >= 11 is -1.70. The van der Waals surface area contributed by atoms with Gasteiger partial charge in [-0.3, -0.25) is 0 Å². The topological polar surface area (TPSA) is 133 Å². The molecule has 0 spiro atoms. The maximum absolute atomic E-state index is 12.0. The zero-order chi connectivity index (χ0) is 18.4. The van der Waals surface area contributed by atoms with Crippen molar-refractivity contribution >= 4 is 31.1 Å². The molecule has 4 N–H and O–H groups in total. The van der Waals surface area contributed by atoms with Crippen molar-refractivity contribution in [3.63, 3.8) is 0 Å². The Balaban J connectivity index is 2.03. The van der Waals surface area contributed by atoms with Gasteiger partial charge in [0.25, 0.3) is 0 Å². The van der Waals surface area contributed by atoms with Gasteiger partial charge in [0.05, 0.1) is 0 Å². The van der Waals surface area contributed by atoms with E-state index in [1.807, 2.05) is 0 Å². The molecule has 2 rings (SSSR count). The summed E-state index contributed by atoms with van der Waals surface area (Å²) in [7, 11) is 0. The first-order valence-corrected chi connectivity index (χ1v) is 8.95. The Hall–Kier alpha value is -2.95. The van der Waals surface area contributed by atoms with Gasteiger partial charge < -0.3 is 0 Å². The molecular weight excluding hydrogens is 443 g/mol. The van der Waals surface area contributed by atoms with E-state index in [-0.39, 0.29) is 22.5 Å². The van der Waals surface area contributed by atoms with E-state index in [9.17, 15) is 19.2 Å². The summed E-state index contributed by atoms with van der Waals surface area (Å²) in [5.74, 6) is -2.40. The zero-order valence-electron chi connectivity index (χ0n) is 12.5. The summed E-state index contributed by atoms with van der Waals surface area (Å²) in [4.78, 5) is 46.1. The van der Waals surface area contributed by atoms with Gasteiger partial charge in [0.2, 0.25) is 0 Å². The molecule has 2 aromatic carbocycles. The molecule has 0 saturated carbocycles. The van der Waals surface area contributed by atoms with Crippen LogP contribution in [0.5, 0.6) is 0 Å². The number of nitrogens with one attached hydrogen (secondary N) is 2. The van der Waals surface area contributed by atoms with E-state index in [1.165, 1.54) is 36.4 Å². The van der Waals surface area contributed by atoms with Crippen LogP contribution in [0.3, 0.4) is 0 Å². The molecule has 0 aliphatic rings. The van der Waals surface area contributed by atoms with E-state index < -0.39 is 41.0 Å². The molecule has 0 atom stereocenters. The van der Waals surface area contributed by atoms with Crippen molar-refractivity contribution < 1.29 is 50.6 Å². The van der Waals surface area contributed by atoms with Crippen LogP contribution in [0.2, 0.25) is 0 Å². The van der Waals surface area contributed by atoms with Gasteiger partial charge in [-0.1, -0.05) is 0 Å². The van der Waals surface area contributed by atoms with Crippen molar-refractivity contribution in [3.05, 3.63) is 59.7 Å². The first kappa shape index (κ1) is 18.4. The van der Waals surface area contributed by atoms with E-state index in [1.54, 1.807) is 12.1 Å². The molecule has 0 aliphatic heterocycles. The maximum atomic E-state index is 12.0. The van der Waals surface area contributed by atoms with Gasteiger partial charge in [0.15, 0.2) is 0 Å². The molecule has 25 heavy (non-hydrogen) atoms. The van der Waals surface area contributed by atoms with Crippen LogP contribution in [0.4, 0.5) is 21.0 Å². The summed E-state index contributed by atoms with van der Waals surface area (Å²) in [5, 5.41) is 22.9. The van der Waals surface area contributed by atoms with Gasteiger partial charge in [-0.2, -0.15) is 0 Å². The third-order valence-electron chi connectivity index (χ3n) is 2.95. The predicted molar refractivity (Wildman–Crippen MR) is 84.8 cm³/mol. The number of carboxylic acid groups (broad SMARTS) is 2. The molecule has 0 fully saturated rings. The van der Waals surface area contributed by atoms with E-state index >= 15 is 0 Å². The number of anilines is 2. The van der Waals surface area contributed by atoms with Crippen LogP contribution in [0.1, 0.15) is 20.7 Å². The average Bonchev–Trinajstić information content (AvgIpc) is 2.55. The van der Waals surface area contributed by atoms with Crippen molar-refractivity contribution in [2.24, 2.45) is 0 Å². The summed E-state index contributed by atoms with van der Waals surface area (Å²) in [6.07, 6.45) is 0. The number of aromatic carboxylic acids is 2. The van der Waals surface area contributed by atoms with Crippen LogP contribution >= 0.6 is 0 Å². The number of carbonyl (C=O) groups is 4. The Morgan fingerprint density at radius 2 is 1.04 bits per heavy atom. The fraction of sp³-hybridized carbons (Fsp3) is 0. The van der Waals surface area contributed by atoms with Gasteiger partial charge in [0.1, 0.15) is 0 Å². The van der Waals surface area contributed by atoms with Crippen LogP contribution in [0.15, 0.2) is 48.5 Å². The molecule has 0 radical (unpaired) electrons. The number of halogens is 1. The molecule has 2 amide bonds. The molecule has 0 aromatic heterocycles. The second-order valence-corrected chi connectivity index (χ2v) is 7.09. The molecule has 130 valence electrons. The Labute approximate surface area is 152 Å². The third kappa shape index (κ3) is 5.01. The molecule has 8 nitrogen and oxygen atoms in total. The standard InChI is InChI=1S/C16H12IN2O6/c20-13(21)9-5-1-3-7-11(9)18-15(24)17-16(25)19-12-8-4-2-6-10(12)14(22)23/h1-8H,(H,18,24)(H,19,25)(H,20,21)(H,22,23)/q-1. The number of hydrogen-bond acceptors (Lipinski definition) is 4. The number of rotatable bonds is 6. The molecule has 0 aliphatic carbocycles. The van der Waals surface area contributed by atoms with Gasteiger partial charge in [0, 0.05) is 0 Å². The molecular formula is C16H12IN2O6-. The first-order chi connectivity index (χ1) is 11.9.